The summed E-state index contributed by atoms with van der Waals surface area (Å²) in [6, 6.07) is 13.0. The Balaban J connectivity index is 0.00000196. The molecule has 7 heteroatoms. The molecule has 6 nitrogen and oxygen atoms in total. The molecule has 2 aromatic heterocycles. The van der Waals surface area contributed by atoms with Crippen LogP contribution in [-0.4, -0.2) is 19.7 Å². The van der Waals surface area contributed by atoms with Gasteiger partial charge < -0.3 is 8.98 Å². The summed E-state index contributed by atoms with van der Waals surface area (Å²) in [7, 11) is 0. The molecule has 0 N–H and O–H groups in total. The van der Waals surface area contributed by atoms with Crippen molar-refractivity contribution in [3.63, 3.8) is 0 Å². The van der Waals surface area contributed by atoms with Crippen molar-refractivity contribution >= 4 is 11.1 Å². The van der Waals surface area contributed by atoms with E-state index in [1.807, 2.05) is 36.6 Å². The fourth-order valence-electron chi connectivity index (χ4n) is 3.07. The summed E-state index contributed by atoms with van der Waals surface area (Å²) in [5.41, 5.74) is 5.32. The van der Waals surface area contributed by atoms with Gasteiger partial charge in [-0.15, -0.1) is 17.2 Å². The van der Waals surface area contributed by atoms with Gasteiger partial charge in [-0.2, -0.15) is 5.10 Å². The van der Waals surface area contributed by atoms with Gasteiger partial charge in [-0.05, 0) is 25.0 Å². The van der Waals surface area contributed by atoms with Crippen LogP contribution < -0.4 is 0 Å². The Morgan fingerprint density at radius 3 is 2.62 bits per heavy atom. The molecule has 0 atom stereocenters. The predicted molar refractivity (Wildman–Crippen MR) is 92.1 cm³/mol. The first-order chi connectivity index (χ1) is 12.1. The Bertz CT molecular complexity index is 1130. The number of benzene rings is 2. The number of hydrogen-bond donors (Lipinski definition) is 0. The van der Waals surface area contributed by atoms with Crippen LogP contribution in [0.5, 0.6) is 0 Å². The van der Waals surface area contributed by atoms with Crippen LogP contribution in [0.1, 0.15) is 22.6 Å². The summed E-state index contributed by atoms with van der Waals surface area (Å²) in [6.45, 7) is 5.84. The number of aryl methyl sites for hydroxylation is 3. The zero-order chi connectivity index (χ0) is 17.6. The molecule has 0 spiro atoms. The van der Waals surface area contributed by atoms with Crippen LogP contribution >= 0.6 is 0 Å². The van der Waals surface area contributed by atoms with E-state index in [2.05, 4.69) is 27.3 Å². The second-order valence-corrected chi connectivity index (χ2v) is 5.86. The van der Waals surface area contributed by atoms with Crippen molar-refractivity contribution in [1.29, 1.82) is 5.26 Å². The summed E-state index contributed by atoms with van der Waals surface area (Å²) in [4.78, 5) is 4.43. The average Bonchev–Trinajstić information content (AvgIpc) is 3.20. The van der Waals surface area contributed by atoms with E-state index < -0.39 is 0 Å². The zero-order valence-corrected chi connectivity index (χ0v) is 16.8. The standard InChI is InChI=1S/C19H14N5O.Ir/c1-11-5-4-6-12(2)17(11)24-10-21-23-19(24)15-8-7-14(9-20)18-16(15)22-13(3)25-18;/h4-7,10H,1-3H3;/q-1;. The molecular formula is C19H14IrN5O-. The van der Waals surface area contributed by atoms with Gasteiger partial charge in [0.25, 0.3) is 0 Å². The Kier molecular flexibility index (Phi) is 4.73. The summed E-state index contributed by atoms with van der Waals surface area (Å²) in [5.74, 6) is 1.10. The number of rotatable bonds is 2. The van der Waals surface area contributed by atoms with Gasteiger partial charge in [0.05, 0.1) is 17.5 Å². The molecule has 2 aromatic carbocycles. The largest absolute Gasteiger partial charge is 0.460 e. The number of hydrogen-bond acceptors (Lipinski definition) is 5. The molecule has 26 heavy (non-hydrogen) atoms. The zero-order valence-electron chi connectivity index (χ0n) is 14.4. The van der Waals surface area contributed by atoms with Crippen LogP contribution in [-0.2, 0) is 20.1 Å². The predicted octanol–water partition coefficient (Wildman–Crippen LogP) is 3.67. The Hall–Kier alpha value is -2.81. The van der Waals surface area contributed by atoms with E-state index in [-0.39, 0.29) is 20.1 Å². The Morgan fingerprint density at radius 1 is 1.19 bits per heavy atom. The SMILES string of the molecule is Cc1nc2c(-c3nncn3-c3c(C)cccc3C)[c-]cc(C#N)c2o1.[Ir]. The molecule has 4 rings (SSSR count). The second kappa shape index (κ2) is 6.83. The van der Waals surface area contributed by atoms with Crippen molar-refractivity contribution in [2.24, 2.45) is 0 Å². The van der Waals surface area contributed by atoms with E-state index in [0.717, 1.165) is 16.8 Å². The molecule has 4 aromatic rings. The van der Waals surface area contributed by atoms with Crippen molar-refractivity contribution in [3.05, 3.63) is 59.2 Å². The van der Waals surface area contributed by atoms with Crippen LogP contribution in [0.15, 0.2) is 35.0 Å². The number of oxazole rings is 1. The van der Waals surface area contributed by atoms with Crippen molar-refractivity contribution in [3.8, 4) is 23.1 Å². The molecule has 1 radical (unpaired) electrons. The van der Waals surface area contributed by atoms with Crippen LogP contribution in [0.4, 0.5) is 0 Å². The summed E-state index contributed by atoms with van der Waals surface area (Å²) >= 11 is 0. The van der Waals surface area contributed by atoms with Crippen molar-refractivity contribution in [1.82, 2.24) is 19.7 Å². The first-order valence-corrected chi connectivity index (χ1v) is 7.79. The normalized spacial score (nSPS) is 10.5. The summed E-state index contributed by atoms with van der Waals surface area (Å²) < 4.78 is 7.53. The fraction of sp³-hybridized carbons (Fsp3) is 0.158. The third kappa shape index (κ3) is 2.74. The van der Waals surface area contributed by atoms with Gasteiger partial charge in [0.2, 0.25) is 0 Å². The quantitative estimate of drug-likeness (QED) is 0.377. The maximum atomic E-state index is 9.28. The van der Waals surface area contributed by atoms with Gasteiger partial charge in [-0.3, -0.25) is 4.98 Å². The number of nitrogens with zero attached hydrogens (tertiary/aromatic N) is 5. The first kappa shape index (κ1) is 18.0. The monoisotopic (exact) mass is 521 g/mol. The Labute approximate surface area is 163 Å². The molecule has 0 amide bonds. The molecule has 2 heterocycles. The third-order valence-corrected chi connectivity index (χ3v) is 4.15. The molecule has 0 aliphatic carbocycles. The molecule has 0 saturated heterocycles. The van der Waals surface area contributed by atoms with E-state index >= 15 is 0 Å². The molecular weight excluding hydrogens is 506 g/mol. The molecule has 0 unspecified atom stereocenters. The molecule has 131 valence electrons. The van der Waals surface area contributed by atoms with Gasteiger partial charge in [-0.25, -0.2) is 5.26 Å². The Morgan fingerprint density at radius 2 is 1.92 bits per heavy atom. The van der Waals surface area contributed by atoms with Crippen LogP contribution in [0, 0.1) is 38.2 Å². The topological polar surface area (TPSA) is 80.5 Å². The van der Waals surface area contributed by atoms with E-state index in [0.29, 0.717) is 33.9 Å². The smallest absolute Gasteiger partial charge is 0.180 e. The fourth-order valence-corrected chi connectivity index (χ4v) is 3.07. The minimum Gasteiger partial charge on any atom is -0.460 e. The average molecular weight is 521 g/mol. The van der Waals surface area contributed by atoms with E-state index in [1.165, 1.54) is 0 Å². The number of nitriles is 1. The molecule has 0 aliphatic heterocycles. The molecule has 0 bridgehead atoms. The molecule has 0 aliphatic rings. The maximum Gasteiger partial charge on any atom is 0.180 e. The maximum absolute atomic E-state index is 9.28. The second-order valence-electron chi connectivity index (χ2n) is 5.86. The third-order valence-electron chi connectivity index (χ3n) is 4.15. The van der Waals surface area contributed by atoms with Crippen molar-refractivity contribution in [2.75, 3.05) is 0 Å². The molecule has 0 saturated carbocycles. The minimum atomic E-state index is 0. The van der Waals surface area contributed by atoms with Crippen molar-refractivity contribution in [2.45, 2.75) is 20.8 Å². The first-order valence-electron chi connectivity index (χ1n) is 7.79. The van der Waals surface area contributed by atoms with Gasteiger partial charge in [0, 0.05) is 43.8 Å². The minimum absolute atomic E-state index is 0. The van der Waals surface area contributed by atoms with Gasteiger partial charge >= 0.3 is 0 Å². The van der Waals surface area contributed by atoms with Gasteiger partial charge in [-0.1, -0.05) is 23.8 Å². The van der Waals surface area contributed by atoms with E-state index in [9.17, 15) is 5.26 Å². The van der Waals surface area contributed by atoms with Crippen LogP contribution in [0.2, 0.25) is 0 Å². The number of aromatic nitrogens is 4. The van der Waals surface area contributed by atoms with E-state index in [1.54, 1.807) is 19.3 Å². The molecule has 0 fully saturated rings. The van der Waals surface area contributed by atoms with Gasteiger partial charge in [0.1, 0.15) is 6.33 Å². The summed E-state index contributed by atoms with van der Waals surface area (Å²) in [6.07, 6.45) is 1.68. The van der Waals surface area contributed by atoms with Crippen LogP contribution in [0.25, 0.3) is 28.2 Å². The summed E-state index contributed by atoms with van der Waals surface area (Å²) in [5, 5.41) is 17.6. The van der Waals surface area contributed by atoms with Gasteiger partial charge in [0.15, 0.2) is 5.89 Å². The van der Waals surface area contributed by atoms with Crippen LogP contribution in [0.3, 0.4) is 0 Å². The van der Waals surface area contributed by atoms with Crippen molar-refractivity contribution < 1.29 is 24.5 Å². The van der Waals surface area contributed by atoms with E-state index in [4.69, 9.17) is 4.42 Å². The number of fused-ring (bicyclic) bond motifs is 1. The number of para-hydroxylation sites is 1.